The molecule has 0 radical (unpaired) electrons. The van der Waals surface area contributed by atoms with Crippen molar-refractivity contribution in [2.75, 3.05) is 20.2 Å². The van der Waals surface area contributed by atoms with Crippen LogP contribution in [-0.4, -0.2) is 37.1 Å². The molecule has 23 heavy (non-hydrogen) atoms. The van der Waals surface area contributed by atoms with Crippen LogP contribution in [0.5, 0.6) is 0 Å². The van der Waals surface area contributed by atoms with Gasteiger partial charge in [0.05, 0.1) is 24.6 Å². The van der Waals surface area contributed by atoms with E-state index < -0.39 is 0 Å². The number of ether oxygens (including phenoxy) is 1. The molecule has 1 unspecified atom stereocenters. The van der Waals surface area contributed by atoms with Crippen LogP contribution in [-0.2, 0) is 9.53 Å². The maximum absolute atomic E-state index is 12.7. The zero-order valence-corrected chi connectivity index (χ0v) is 14.5. The number of likely N-dealkylation sites (tertiary alicyclic amines) is 1. The predicted octanol–water partition coefficient (Wildman–Crippen LogP) is 3.48. The summed E-state index contributed by atoms with van der Waals surface area (Å²) in [6.07, 6.45) is 6.97. The Morgan fingerprint density at radius 1 is 1.52 bits per heavy atom. The smallest absolute Gasteiger partial charge is 0.233 e. The number of hydrogen-bond acceptors (Lipinski definition) is 3. The van der Waals surface area contributed by atoms with Crippen molar-refractivity contribution in [1.29, 1.82) is 5.26 Å². The van der Waals surface area contributed by atoms with Crippen molar-refractivity contribution in [3.8, 4) is 6.07 Å². The van der Waals surface area contributed by atoms with Crippen LogP contribution in [0.4, 0.5) is 0 Å². The van der Waals surface area contributed by atoms with Gasteiger partial charge >= 0.3 is 0 Å². The number of methoxy groups -OCH3 is 1. The average molecular weight is 316 g/mol. The molecule has 1 amide bonds. The van der Waals surface area contributed by atoms with E-state index in [0.29, 0.717) is 12.1 Å². The first kappa shape index (κ1) is 19.2. The molecule has 4 nitrogen and oxygen atoms in total. The highest BCUT2D eigenvalue weighted by molar-refractivity contribution is 5.86. The highest BCUT2D eigenvalue weighted by Crippen LogP contribution is 2.33. The van der Waals surface area contributed by atoms with E-state index in [1.54, 1.807) is 12.0 Å². The zero-order valence-electron chi connectivity index (χ0n) is 14.5. The normalized spacial score (nSPS) is 20.8. The Balaban J connectivity index is 2.89. The van der Waals surface area contributed by atoms with Crippen molar-refractivity contribution in [3.63, 3.8) is 0 Å². The molecule has 1 aliphatic heterocycles. The molecule has 1 saturated heterocycles. The second-order valence-corrected chi connectivity index (χ2v) is 6.03. The third-order valence-corrected chi connectivity index (χ3v) is 4.38. The first-order valence-electron chi connectivity index (χ1n) is 8.22. The van der Waals surface area contributed by atoms with Gasteiger partial charge in [0.1, 0.15) is 0 Å². The SMILES string of the molecule is C=C(C#N)CN1CC(=C)C([C@@H](OC)[C@H](CC)C/C=C\CC)C1=O. The molecule has 0 saturated carbocycles. The minimum absolute atomic E-state index is 0.00355. The Labute approximate surface area is 140 Å². The summed E-state index contributed by atoms with van der Waals surface area (Å²) < 4.78 is 5.71. The van der Waals surface area contributed by atoms with Gasteiger partial charge in [-0.25, -0.2) is 0 Å². The van der Waals surface area contributed by atoms with Gasteiger partial charge in [-0.2, -0.15) is 5.26 Å². The molecule has 4 heteroatoms. The van der Waals surface area contributed by atoms with E-state index >= 15 is 0 Å². The first-order chi connectivity index (χ1) is 11.0. The van der Waals surface area contributed by atoms with Crippen molar-refractivity contribution >= 4 is 5.91 Å². The number of allylic oxidation sites excluding steroid dienone is 2. The number of amides is 1. The van der Waals surface area contributed by atoms with Gasteiger partial charge in [0.2, 0.25) is 5.91 Å². The summed E-state index contributed by atoms with van der Waals surface area (Å²) in [5.74, 6) is -0.0599. The minimum Gasteiger partial charge on any atom is -0.380 e. The van der Waals surface area contributed by atoms with Gasteiger partial charge in [-0.1, -0.05) is 45.6 Å². The van der Waals surface area contributed by atoms with Crippen LogP contribution in [0.3, 0.4) is 0 Å². The van der Waals surface area contributed by atoms with Crippen LogP contribution in [0.2, 0.25) is 0 Å². The maximum atomic E-state index is 12.7. The highest BCUT2D eigenvalue weighted by atomic mass is 16.5. The molecular formula is C19H28N2O2. The van der Waals surface area contributed by atoms with Crippen molar-refractivity contribution in [2.45, 2.75) is 39.2 Å². The molecule has 0 aromatic heterocycles. The summed E-state index contributed by atoms with van der Waals surface area (Å²) in [6.45, 7) is 12.7. The molecule has 0 spiro atoms. The molecular weight excluding hydrogens is 288 g/mol. The van der Waals surface area contributed by atoms with Crippen LogP contribution in [0.25, 0.3) is 0 Å². The largest absolute Gasteiger partial charge is 0.380 e. The monoisotopic (exact) mass is 316 g/mol. The van der Waals surface area contributed by atoms with Crippen molar-refractivity contribution in [1.82, 2.24) is 4.90 Å². The van der Waals surface area contributed by atoms with E-state index in [1.807, 2.05) is 6.07 Å². The molecule has 126 valence electrons. The Morgan fingerprint density at radius 2 is 2.22 bits per heavy atom. The lowest BCUT2D eigenvalue weighted by Gasteiger charge is -2.29. The summed E-state index contributed by atoms with van der Waals surface area (Å²) in [4.78, 5) is 14.4. The fourth-order valence-electron chi connectivity index (χ4n) is 3.14. The number of hydrogen-bond donors (Lipinski definition) is 0. The van der Waals surface area contributed by atoms with Gasteiger partial charge in [0.25, 0.3) is 0 Å². The lowest BCUT2D eigenvalue weighted by molar-refractivity contribution is -0.135. The van der Waals surface area contributed by atoms with Gasteiger partial charge in [-0.3, -0.25) is 4.79 Å². The van der Waals surface area contributed by atoms with Crippen molar-refractivity contribution in [2.24, 2.45) is 11.8 Å². The van der Waals surface area contributed by atoms with Crippen LogP contribution in [0, 0.1) is 23.2 Å². The zero-order chi connectivity index (χ0) is 17.4. The lowest BCUT2D eigenvalue weighted by Crippen LogP contribution is -2.38. The van der Waals surface area contributed by atoms with Gasteiger partial charge in [0, 0.05) is 19.2 Å². The summed E-state index contributed by atoms with van der Waals surface area (Å²) >= 11 is 0. The minimum atomic E-state index is -0.327. The Kier molecular flexibility index (Phi) is 7.77. The molecule has 1 aliphatic rings. The Hall–Kier alpha value is -1.86. The molecule has 1 heterocycles. The van der Waals surface area contributed by atoms with E-state index in [4.69, 9.17) is 10.00 Å². The number of nitrogens with zero attached hydrogens (tertiary/aromatic N) is 2. The quantitative estimate of drug-likeness (QED) is 0.483. The second kappa shape index (κ2) is 9.32. The molecule has 0 aromatic rings. The van der Waals surface area contributed by atoms with Gasteiger partial charge in [-0.05, 0) is 24.3 Å². The fourth-order valence-corrected chi connectivity index (χ4v) is 3.14. The molecule has 0 aromatic carbocycles. The van der Waals surface area contributed by atoms with E-state index in [2.05, 4.69) is 39.2 Å². The summed E-state index contributed by atoms with van der Waals surface area (Å²) in [5, 5.41) is 8.87. The lowest BCUT2D eigenvalue weighted by atomic mass is 9.84. The Morgan fingerprint density at radius 3 is 2.74 bits per heavy atom. The first-order valence-corrected chi connectivity index (χ1v) is 8.22. The predicted molar refractivity (Wildman–Crippen MR) is 92.6 cm³/mol. The summed E-state index contributed by atoms with van der Waals surface area (Å²) in [7, 11) is 1.66. The number of carbonyl (C=O) groups excluding carboxylic acids is 1. The number of nitriles is 1. The van der Waals surface area contributed by atoms with Crippen LogP contribution >= 0.6 is 0 Å². The van der Waals surface area contributed by atoms with Crippen LogP contribution < -0.4 is 0 Å². The van der Waals surface area contributed by atoms with E-state index in [-0.39, 0.29) is 30.4 Å². The third kappa shape index (κ3) is 4.80. The van der Waals surface area contributed by atoms with Gasteiger partial charge in [-0.15, -0.1) is 0 Å². The molecule has 0 bridgehead atoms. The molecule has 0 N–H and O–H groups in total. The maximum Gasteiger partial charge on any atom is 0.233 e. The standard InChI is InChI=1S/C19H28N2O2/c1-6-8-9-10-16(7-2)18(23-5)17-15(4)13-21(19(17)22)12-14(3)11-20/h8-9,16-18H,3-4,6-7,10,12-13H2,1-2,5H3/b9-8-/t16-,17?,18+/m1/s1. The topological polar surface area (TPSA) is 53.3 Å². The van der Waals surface area contributed by atoms with Crippen LogP contribution in [0.15, 0.2) is 36.5 Å². The second-order valence-electron chi connectivity index (χ2n) is 6.03. The third-order valence-electron chi connectivity index (χ3n) is 4.38. The van der Waals surface area contributed by atoms with Crippen molar-refractivity contribution < 1.29 is 9.53 Å². The van der Waals surface area contributed by atoms with Crippen molar-refractivity contribution in [3.05, 3.63) is 36.5 Å². The average Bonchev–Trinajstić information content (AvgIpc) is 2.81. The molecule has 1 fully saturated rings. The number of carbonyl (C=O) groups is 1. The highest BCUT2D eigenvalue weighted by Gasteiger charge is 2.42. The number of rotatable bonds is 9. The van der Waals surface area contributed by atoms with Gasteiger partial charge in [0.15, 0.2) is 0 Å². The fraction of sp³-hybridized carbons (Fsp3) is 0.579. The van der Waals surface area contributed by atoms with E-state index in [0.717, 1.165) is 24.8 Å². The molecule has 3 atom stereocenters. The van der Waals surface area contributed by atoms with Gasteiger partial charge < -0.3 is 9.64 Å². The molecule has 1 rings (SSSR count). The molecule has 0 aliphatic carbocycles. The summed E-state index contributed by atoms with van der Waals surface area (Å²) in [6, 6.07) is 2.00. The Bertz CT molecular complexity index is 516. The van der Waals surface area contributed by atoms with Crippen LogP contribution in [0.1, 0.15) is 33.1 Å². The van der Waals surface area contributed by atoms with E-state index in [1.165, 1.54) is 0 Å². The summed E-state index contributed by atoms with van der Waals surface area (Å²) in [5.41, 5.74) is 1.25. The van der Waals surface area contributed by atoms with E-state index in [9.17, 15) is 4.79 Å².